The van der Waals surface area contributed by atoms with E-state index < -0.39 is 5.97 Å². The third kappa shape index (κ3) is 3.61. The van der Waals surface area contributed by atoms with Crippen molar-refractivity contribution in [3.8, 4) is 0 Å². The van der Waals surface area contributed by atoms with Crippen LogP contribution < -0.4 is 0 Å². The number of carbonyl (C=O) groups is 2. The van der Waals surface area contributed by atoms with Gasteiger partial charge in [-0.2, -0.15) is 0 Å². The molecular weight excluding hydrogens is 220 g/mol. The molecule has 0 aliphatic heterocycles. The van der Waals surface area contributed by atoms with E-state index in [4.69, 9.17) is 5.11 Å². The van der Waals surface area contributed by atoms with Gasteiger partial charge in [-0.3, -0.25) is 4.79 Å². The molecule has 0 aromatic heterocycles. The molecule has 0 bridgehead atoms. The lowest BCUT2D eigenvalue weighted by Crippen LogP contribution is -2.51. The van der Waals surface area contributed by atoms with E-state index in [9.17, 15) is 9.59 Å². The summed E-state index contributed by atoms with van der Waals surface area (Å²) in [4.78, 5) is 26.1. The van der Waals surface area contributed by atoms with Crippen molar-refractivity contribution in [1.29, 1.82) is 0 Å². The zero-order chi connectivity index (χ0) is 13.0. The third-order valence-corrected chi connectivity index (χ3v) is 3.36. The average Bonchev–Trinajstić information content (AvgIpc) is 2.13. The molecule has 0 radical (unpaired) electrons. The molecule has 0 unspecified atom stereocenters. The van der Waals surface area contributed by atoms with Gasteiger partial charge < -0.3 is 14.9 Å². The maximum Gasteiger partial charge on any atom is 0.320 e. The Morgan fingerprint density at radius 1 is 1.35 bits per heavy atom. The number of carboxylic acid groups (broad SMARTS) is 1. The van der Waals surface area contributed by atoms with Crippen LogP contribution in [0.4, 0.5) is 4.79 Å². The van der Waals surface area contributed by atoms with Crippen LogP contribution in [0.3, 0.4) is 0 Å². The van der Waals surface area contributed by atoms with E-state index in [2.05, 4.69) is 0 Å². The van der Waals surface area contributed by atoms with Gasteiger partial charge in [0.2, 0.25) is 0 Å². The topological polar surface area (TPSA) is 60.9 Å². The van der Waals surface area contributed by atoms with E-state index in [-0.39, 0.29) is 25.0 Å². The van der Waals surface area contributed by atoms with Gasteiger partial charge in [0, 0.05) is 25.7 Å². The molecule has 0 atom stereocenters. The van der Waals surface area contributed by atoms with Crippen molar-refractivity contribution in [2.75, 3.05) is 13.6 Å². The Bertz CT molecular complexity index is 287. The molecule has 1 saturated carbocycles. The molecule has 17 heavy (non-hydrogen) atoms. The summed E-state index contributed by atoms with van der Waals surface area (Å²) >= 11 is 0. The Morgan fingerprint density at radius 2 is 1.94 bits per heavy atom. The van der Waals surface area contributed by atoms with E-state index in [0.717, 1.165) is 12.8 Å². The third-order valence-electron chi connectivity index (χ3n) is 3.36. The van der Waals surface area contributed by atoms with E-state index in [1.54, 1.807) is 9.80 Å². The predicted octanol–water partition coefficient (Wildman–Crippen LogP) is 1.78. The number of aliphatic carboxylic acids is 1. The maximum absolute atomic E-state index is 12.2. The van der Waals surface area contributed by atoms with Gasteiger partial charge in [-0.25, -0.2) is 4.79 Å². The maximum atomic E-state index is 12.2. The Balaban J connectivity index is 2.55. The van der Waals surface area contributed by atoms with Gasteiger partial charge in [0.15, 0.2) is 0 Å². The summed E-state index contributed by atoms with van der Waals surface area (Å²) in [6.07, 6.45) is 3.31. The Kier molecular flexibility index (Phi) is 4.78. The highest BCUT2D eigenvalue weighted by molar-refractivity contribution is 5.76. The van der Waals surface area contributed by atoms with Crippen molar-refractivity contribution in [3.63, 3.8) is 0 Å². The van der Waals surface area contributed by atoms with Gasteiger partial charge in [-0.15, -0.1) is 0 Å². The lowest BCUT2D eigenvalue weighted by molar-refractivity contribution is -0.137. The molecule has 2 amide bonds. The fourth-order valence-electron chi connectivity index (χ4n) is 1.92. The Morgan fingerprint density at radius 3 is 2.29 bits per heavy atom. The van der Waals surface area contributed by atoms with Crippen LogP contribution in [0.5, 0.6) is 0 Å². The monoisotopic (exact) mass is 242 g/mol. The Hall–Kier alpha value is -1.26. The minimum Gasteiger partial charge on any atom is -0.481 e. The number of amides is 2. The molecule has 0 saturated heterocycles. The number of carbonyl (C=O) groups excluding carboxylic acids is 1. The van der Waals surface area contributed by atoms with E-state index in [0.29, 0.717) is 6.04 Å². The number of hydrogen-bond donors (Lipinski definition) is 1. The van der Waals surface area contributed by atoms with E-state index >= 15 is 0 Å². The predicted molar refractivity (Wildman–Crippen MR) is 64.9 cm³/mol. The molecule has 0 aromatic rings. The van der Waals surface area contributed by atoms with Gasteiger partial charge in [0.25, 0.3) is 0 Å². The summed E-state index contributed by atoms with van der Waals surface area (Å²) in [5.74, 6) is -0.866. The van der Waals surface area contributed by atoms with Crippen LogP contribution in [0.2, 0.25) is 0 Å². The molecule has 1 aliphatic rings. The number of hydrogen-bond acceptors (Lipinski definition) is 2. The molecule has 0 heterocycles. The minimum atomic E-state index is -0.866. The first kappa shape index (κ1) is 13.8. The van der Waals surface area contributed by atoms with Crippen molar-refractivity contribution in [3.05, 3.63) is 0 Å². The van der Waals surface area contributed by atoms with Gasteiger partial charge in [0.1, 0.15) is 0 Å². The van der Waals surface area contributed by atoms with Crippen LogP contribution >= 0.6 is 0 Å². The highest BCUT2D eigenvalue weighted by Crippen LogP contribution is 2.24. The van der Waals surface area contributed by atoms with Gasteiger partial charge in [0.05, 0.1) is 6.42 Å². The highest BCUT2D eigenvalue weighted by atomic mass is 16.4. The zero-order valence-electron chi connectivity index (χ0n) is 10.8. The standard InChI is InChI=1S/C12H22N2O3/c1-9(2)14(8-7-11(15)16)12(17)13(3)10-5-4-6-10/h9-10H,4-8H2,1-3H3,(H,15,16). The van der Waals surface area contributed by atoms with Crippen LogP contribution in [0.1, 0.15) is 39.5 Å². The van der Waals surface area contributed by atoms with Crippen LogP contribution in [-0.2, 0) is 4.79 Å². The largest absolute Gasteiger partial charge is 0.481 e. The first-order valence-corrected chi connectivity index (χ1v) is 6.18. The van der Waals surface area contributed by atoms with Crippen LogP contribution in [-0.4, -0.2) is 52.6 Å². The van der Waals surface area contributed by atoms with Crippen LogP contribution in [0.25, 0.3) is 0 Å². The van der Waals surface area contributed by atoms with Crippen molar-refractivity contribution in [2.24, 2.45) is 0 Å². The van der Waals surface area contributed by atoms with Crippen molar-refractivity contribution in [2.45, 2.75) is 51.6 Å². The van der Waals surface area contributed by atoms with E-state index in [1.807, 2.05) is 20.9 Å². The molecule has 98 valence electrons. The molecule has 0 aromatic carbocycles. The molecular formula is C12H22N2O3. The van der Waals surface area contributed by atoms with E-state index in [1.165, 1.54) is 6.42 Å². The minimum absolute atomic E-state index is 0.00241. The second-order valence-corrected chi connectivity index (χ2v) is 4.91. The summed E-state index contributed by atoms with van der Waals surface area (Å²) in [5, 5.41) is 8.68. The molecule has 1 rings (SSSR count). The van der Waals surface area contributed by atoms with Crippen LogP contribution in [0.15, 0.2) is 0 Å². The first-order valence-electron chi connectivity index (χ1n) is 6.18. The highest BCUT2D eigenvalue weighted by Gasteiger charge is 2.29. The Labute approximate surface area is 102 Å². The van der Waals surface area contributed by atoms with Gasteiger partial charge >= 0.3 is 12.0 Å². The smallest absolute Gasteiger partial charge is 0.320 e. The summed E-state index contributed by atoms with van der Waals surface area (Å²) in [5.41, 5.74) is 0. The number of rotatable bonds is 5. The second kappa shape index (κ2) is 5.89. The molecule has 5 heteroatoms. The SMILES string of the molecule is CC(C)N(CCC(=O)O)C(=O)N(C)C1CCC1. The fourth-order valence-corrected chi connectivity index (χ4v) is 1.92. The number of carboxylic acids is 1. The summed E-state index contributed by atoms with van der Waals surface area (Å²) < 4.78 is 0. The van der Waals surface area contributed by atoms with Gasteiger partial charge in [-0.1, -0.05) is 0 Å². The average molecular weight is 242 g/mol. The number of urea groups is 1. The first-order chi connectivity index (χ1) is 7.93. The zero-order valence-corrected chi connectivity index (χ0v) is 10.8. The lowest BCUT2D eigenvalue weighted by Gasteiger charge is -2.39. The van der Waals surface area contributed by atoms with Crippen molar-refractivity contribution >= 4 is 12.0 Å². The number of nitrogens with zero attached hydrogens (tertiary/aromatic N) is 2. The molecule has 1 N–H and O–H groups in total. The summed E-state index contributed by atoms with van der Waals surface area (Å²) in [6.45, 7) is 4.10. The van der Waals surface area contributed by atoms with Gasteiger partial charge in [-0.05, 0) is 33.1 Å². The molecule has 1 aliphatic carbocycles. The lowest BCUT2D eigenvalue weighted by atomic mass is 9.92. The molecule has 1 fully saturated rings. The molecule has 0 spiro atoms. The summed E-state index contributed by atoms with van der Waals surface area (Å²) in [7, 11) is 1.81. The second-order valence-electron chi connectivity index (χ2n) is 4.91. The summed E-state index contributed by atoms with van der Waals surface area (Å²) in [6, 6.07) is 0.323. The van der Waals surface area contributed by atoms with Crippen molar-refractivity contribution < 1.29 is 14.7 Å². The molecule has 5 nitrogen and oxygen atoms in total. The normalized spacial score (nSPS) is 15.5. The van der Waals surface area contributed by atoms with Crippen molar-refractivity contribution in [1.82, 2.24) is 9.80 Å². The quantitative estimate of drug-likeness (QED) is 0.799. The fraction of sp³-hybridized carbons (Fsp3) is 0.833. The van der Waals surface area contributed by atoms with Crippen LogP contribution in [0, 0.1) is 0 Å².